The fourth-order valence-electron chi connectivity index (χ4n) is 3.01. The summed E-state index contributed by atoms with van der Waals surface area (Å²) in [5, 5.41) is 5.77. The molecule has 0 unspecified atom stereocenters. The minimum absolute atomic E-state index is 0.0437. The quantitative estimate of drug-likeness (QED) is 0.729. The molecule has 0 bridgehead atoms. The van der Waals surface area contributed by atoms with Crippen molar-refractivity contribution in [1.82, 2.24) is 25.5 Å². The number of carbonyl (C=O) groups excluding carboxylic acids is 3. The number of aromatic nitrogens is 2. The first-order valence-electron chi connectivity index (χ1n) is 9.99. The van der Waals surface area contributed by atoms with Crippen molar-refractivity contribution in [1.29, 1.82) is 0 Å². The van der Waals surface area contributed by atoms with Crippen LogP contribution in [0.3, 0.4) is 0 Å². The van der Waals surface area contributed by atoms with Crippen LogP contribution in [-0.4, -0.2) is 51.2 Å². The second kappa shape index (κ2) is 8.61. The van der Waals surface area contributed by atoms with E-state index in [1.807, 2.05) is 32.9 Å². The lowest BCUT2D eigenvalue weighted by Gasteiger charge is -2.23. The zero-order chi connectivity index (χ0) is 21.9. The van der Waals surface area contributed by atoms with Gasteiger partial charge in [0.2, 0.25) is 5.91 Å². The number of nitrogens with one attached hydrogen (secondary N) is 2. The molecule has 1 heterocycles. The zero-order valence-corrected chi connectivity index (χ0v) is 17.7. The van der Waals surface area contributed by atoms with Gasteiger partial charge in [-0.05, 0) is 51.3 Å². The molecule has 8 nitrogen and oxygen atoms in total. The van der Waals surface area contributed by atoms with Gasteiger partial charge >= 0.3 is 0 Å². The van der Waals surface area contributed by atoms with E-state index in [-0.39, 0.29) is 29.8 Å². The highest BCUT2D eigenvalue weighted by molar-refractivity contribution is 6.00. The van der Waals surface area contributed by atoms with Gasteiger partial charge in [0, 0.05) is 31.0 Å². The van der Waals surface area contributed by atoms with Crippen LogP contribution in [-0.2, 0) is 4.79 Å². The molecule has 0 spiro atoms. The van der Waals surface area contributed by atoms with E-state index in [2.05, 4.69) is 20.6 Å². The first kappa shape index (κ1) is 21.4. The molecule has 2 N–H and O–H groups in total. The Morgan fingerprint density at radius 1 is 1.00 bits per heavy atom. The van der Waals surface area contributed by atoms with Crippen molar-refractivity contribution in [3.8, 4) is 0 Å². The molecule has 0 aliphatic heterocycles. The largest absolute Gasteiger partial charge is 0.348 e. The Labute approximate surface area is 176 Å². The van der Waals surface area contributed by atoms with E-state index >= 15 is 0 Å². The van der Waals surface area contributed by atoms with Crippen molar-refractivity contribution >= 4 is 17.7 Å². The van der Waals surface area contributed by atoms with Crippen LogP contribution in [0.25, 0.3) is 0 Å². The summed E-state index contributed by atoms with van der Waals surface area (Å²) in [5.41, 5.74) is 0.906. The maximum Gasteiger partial charge on any atom is 0.255 e. The minimum atomic E-state index is -0.892. The number of carbonyl (C=O) groups is 3. The Balaban J connectivity index is 1.61. The van der Waals surface area contributed by atoms with Crippen LogP contribution in [0.15, 0.2) is 43.0 Å². The van der Waals surface area contributed by atoms with Crippen molar-refractivity contribution in [3.63, 3.8) is 0 Å². The van der Waals surface area contributed by atoms with Crippen molar-refractivity contribution < 1.29 is 14.4 Å². The lowest BCUT2D eigenvalue weighted by molar-refractivity contribution is -0.124. The lowest BCUT2D eigenvalue weighted by Crippen LogP contribution is -2.49. The van der Waals surface area contributed by atoms with Crippen molar-refractivity contribution in [2.24, 2.45) is 0 Å². The first-order valence-corrected chi connectivity index (χ1v) is 9.99. The summed E-state index contributed by atoms with van der Waals surface area (Å²) >= 11 is 0. The molecule has 3 amide bonds. The van der Waals surface area contributed by atoms with Gasteiger partial charge in [-0.1, -0.05) is 12.1 Å². The maximum absolute atomic E-state index is 12.8. The first-order chi connectivity index (χ1) is 14.2. The van der Waals surface area contributed by atoms with Gasteiger partial charge in [0.25, 0.3) is 11.8 Å². The van der Waals surface area contributed by atoms with Crippen molar-refractivity contribution in [2.75, 3.05) is 7.05 Å². The van der Waals surface area contributed by atoms with Gasteiger partial charge in [0.05, 0.1) is 11.6 Å². The molecule has 1 aliphatic rings. The van der Waals surface area contributed by atoms with Crippen LogP contribution < -0.4 is 10.6 Å². The van der Waals surface area contributed by atoms with Crippen LogP contribution in [0.5, 0.6) is 0 Å². The number of hydrogen-bond acceptors (Lipinski definition) is 5. The van der Waals surface area contributed by atoms with Crippen molar-refractivity contribution in [2.45, 2.75) is 51.2 Å². The predicted molar refractivity (Wildman–Crippen MR) is 112 cm³/mol. The van der Waals surface area contributed by atoms with Gasteiger partial charge in [-0.2, -0.15) is 0 Å². The highest BCUT2D eigenvalue weighted by Crippen LogP contribution is 2.36. The molecular formula is C22H27N5O3. The molecule has 3 rings (SSSR count). The third-order valence-corrected chi connectivity index (χ3v) is 5.46. The summed E-state index contributed by atoms with van der Waals surface area (Å²) in [6.45, 7) is 5.79. The molecular weight excluding hydrogens is 382 g/mol. The highest BCUT2D eigenvalue weighted by atomic mass is 16.2. The van der Waals surface area contributed by atoms with E-state index in [0.717, 1.165) is 5.56 Å². The van der Waals surface area contributed by atoms with Gasteiger partial charge in [0.1, 0.15) is 11.9 Å². The second-order valence-electron chi connectivity index (χ2n) is 7.99. The van der Waals surface area contributed by atoms with E-state index in [1.165, 1.54) is 18.7 Å². The van der Waals surface area contributed by atoms with Gasteiger partial charge in [-0.25, -0.2) is 9.97 Å². The van der Waals surface area contributed by atoms with Crippen molar-refractivity contribution in [3.05, 3.63) is 59.7 Å². The smallest absolute Gasteiger partial charge is 0.255 e. The molecule has 158 valence electrons. The predicted octanol–water partition coefficient (Wildman–Crippen LogP) is 2.10. The van der Waals surface area contributed by atoms with Crippen LogP contribution in [0.2, 0.25) is 0 Å². The molecule has 1 aliphatic carbocycles. The summed E-state index contributed by atoms with van der Waals surface area (Å²) < 4.78 is 0. The van der Waals surface area contributed by atoms with E-state index in [0.29, 0.717) is 24.0 Å². The normalized spacial score (nSPS) is 15.2. The van der Waals surface area contributed by atoms with E-state index in [1.54, 1.807) is 24.1 Å². The molecule has 0 radical (unpaired) electrons. The molecule has 1 aromatic heterocycles. The molecule has 30 heavy (non-hydrogen) atoms. The van der Waals surface area contributed by atoms with Gasteiger partial charge in [-0.3, -0.25) is 14.4 Å². The number of rotatable bonds is 7. The summed E-state index contributed by atoms with van der Waals surface area (Å²) in [6, 6.07) is 7.06. The summed E-state index contributed by atoms with van der Waals surface area (Å²) in [6.07, 6.45) is 5.34. The van der Waals surface area contributed by atoms with Crippen LogP contribution >= 0.6 is 0 Å². The van der Waals surface area contributed by atoms with E-state index in [9.17, 15) is 14.4 Å². The van der Waals surface area contributed by atoms with E-state index < -0.39 is 5.54 Å². The van der Waals surface area contributed by atoms with Gasteiger partial charge < -0.3 is 15.5 Å². The highest BCUT2D eigenvalue weighted by Gasteiger charge is 2.51. The lowest BCUT2D eigenvalue weighted by atomic mass is 10.0. The molecule has 1 aromatic carbocycles. The summed E-state index contributed by atoms with van der Waals surface area (Å²) in [4.78, 5) is 46.9. The number of hydrogen-bond donors (Lipinski definition) is 2. The average molecular weight is 409 g/mol. The maximum atomic E-state index is 12.8. The molecule has 8 heteroatoms. The van der Waals surface area contributed by atoms with Crippen LogP contribution in [0.4, 0.5) is 0 Å². The molecule has 1 atom stereocenters. The van der Waals surface area contributed by atoms with Crippen LogP contribution in [0, 0.1) is 0 Å². The summed E-state index contributed by atoms with van der Waals surface area (Å²) in [7, 11) is 1.77. The monoisotopic (exact) mass is 409 g/mol. The van der Waals surface area contributed by atoms with Crippen LogP contribution in [0.1, 0.15) is 65.9 Å². The third kappa shape index (κ3) is 4.64. The standard InChI is InChI=1S/C22H27N5O3/c1-14(2)27(4)20(29)17-7-5-16(6-8-17)15(3)25-21(30)22(9-10-22)26-19(28)18-11-23-13-24-12-18/h5-8,11-15H,9-10H2,1-4H3,(H,25,30)(H,26,28)/t15-/m1/s1. The fourth-order valence-corrected chi connectivity index (χ4v) is 3.01. The fraction of sp³-hybridized carbons (Fsp3) is 0.409. The minimum Gasteiger partial charge on any atom is -0.348 e. The summed E-state index contributed by atoms with van der Waals surface area (Å²) in [5.74, 6) is -0.634. The molecule has 2 aromatic rings. The van der Waals surface area contributed by atoms with E-state index in [4.69, 9.17) is 0 Å². The third-order valence-electron chi connectivity index (χ3n) is 5.46. The average Bonchev–Trinajstić information content (AvgIpc) is 3.54. The number of benzene rings is 1. The topological polar surface area (TPSA) is 104 Å². The molecule has 1 fully saturated rings. The Morgan fingerprint density at radius 3 is 2.13 bits per heavy atom. The van der Waals surface area contributed by atoms with Gasteiger partial charge in [0.15, 0.2) is 0 Å². The number of amides is 3. The Morgan fingerprint density at radius 2 is 1.60 bits per heavy atom. The Hall–Kier alpha value is -3.29. The molecule has 1 saturated carbocycles. The zero-order valence-electron chi connectivity index (χ0n) is 17.7. The second-order valence-corrected chi connectivity index (χ2v) is 7.99. The SMILES string of the molecule is CC(C)N(C)C(=O)c1ccc([C@@H](C)NC(=O)C2(NC(=O)c3cncnc3)CC2)cc1. The number of nitrogens with zero attached hydrogens (tertiary/aromatic N) is 3. The Bertz CT molecular complexity index is 924. The van der Waals surface area contributed by atoms with Gasteiger partial charge in [-0.15, -0.1) is 0 Å². The Kier molecular flexibility index (Phi) is 6.14. The molecule has 0 saturated heterocycles.